The van der Waals surface area contributed by atoms with E-state index >= 15 is 0 Å². The summed E-state index contributed by atoms with van der Waals surface area (Å²) in [6.07, 6.45) is -1.27. The van der Waals surface area contributed by atoms with Gasteiger partial charge < -0.3 is 29.2 Å². The Bertz CT molecular complexity index is 415. The molecule has 0 aromatic rings. The Balaban J connectivity index is 2.81. The minimum absolute atomic E-state index is 0.148. The van der Waals surface area contributed by atoms with Crippen molar-refractivity contribution in [3.63, 3.8) is 0 Å². The fraction of sp³-hybridized carbons (Fsp3) is 0.692. The molecule has 21 heavy (non-hydrogen) atoms. The summed E-state index contributed by atoms with van der Waals surface area (Å²) in [6.45, 7) is 1.90. The van der Waals surface area contributed by atoms with Gasteiger partial charge in [-0.25, -0.2) is 0 Å². The molecule has 0 aromatic heterocycles. The van der Waals surface area contributed by atoms with Gasteiger partial charge >= 0.3 is 11.9 Å². The van der Waals surface area contributed by atoms with E-state index in [4.69, 9.17) is 25.4 Å². The molecule has 1 aliphatic rings. The number of ether oxygens (including phenoxy) is 4. The summed E-state index contributed by atoms with van der Waals surface area (Å²) in [4.78, 5) is 21.9. The van der Waals surface area contributed by atoms with Crippen LogP contribution in [0.1, 0.15) is 13.8 Å². The fourth-order valence-corrected chi connectivity index (χ4v) is 1.84. The Kier molecular flexibility index (Phi) is 6.58. The normalized spacial score (nSPS) is 32.0. The highest BCUT2D eigenvalue weighted by Gasteiger charge is 2.47. The van der Waals surface area contributed by atoms with Gasteiger partial charge in [0.05, 0.1) is 0 Å². The lowest BCUT2D eigenvalue weighted by atomic mass is 9.99. The lowest BCUT2D eigenvalue weighted by molar-refractivity contribution is -0.300. The number of aliphatic hydroxyl groups is 2. The maximum Gasteiger partial charge on any atom is 0.303 e. The van der Waals surface area contributed by atoms with Gasteiger partial charge in [0.15, 0.2) is 12.4 Å². The summed E-state index contributed by atoms with van der Waals surface area (Å²) in [5, 5.41) is 20.1. The van der Waals surface area contributed by atoms with E-state index in [0.29, 0.717) is 0 Å². The number of aliphatic hydroxyl groups excluding tert-OH is 2. The van der Waals surface area contributed by atoms with Crippen molar-refractivity contribution in [2.75, 3.05) is 13.2 Å². The molecule has 5 atom stereocenters. The molecule has 0 radical (unpaired) electrons. The molecule has 0 aromatic carbocycles. The molecule has 1 rings (SSSR count). The standard InChI is InChI=1S/C13H18O8/c1-4-5-18-13-11(17)12(20-8(3)15)10(16)9(21-13)6-19-7(2)14/h1,9-13,16-17H,5-6H2,2-3H3/t9-,10-,11-,12+,13+/m1/s1. The maximum absolute atomic E-state index is 11.1. The van der Waals surface area contributed by atoms with Gasteiger partial charge in [0, 0.05) is 13.8 Å². The van der Waals surface area contributed by atoms with Crippen LogP contribution in [0.15, 0.2) is 0 Å². The summed E-state index contributed by atoms with van der Waals surface area (Å²) in [5.41, 5.74) is 0. The van der Waals surface area contributed by atoms with Gasteiger partial charge in [-0.15, -0.1) is 6.42 Å². The molecule has 0 unspecified atom stereocenters. The second kappa shape index (κ2) is 7.95. The van der Waals surface area contributed by atoms with E-state index in [0.717, 1.165) is 6.92 Å². The van der Waals surface area contributed by atoms with Gasteiger partial charge in [0.1, 0.15) is 31.5 Å². The van der Waals surface area contributed by atoms with Crippen molar-refractivity contribution in [2.24, 2.45) is 0 Å². The third kappa shape index (κ3) is 4.99. The van der Waals surface area contributed by atoms with E-state index in [-0.39, 0.29) is 13.2 Å². The molecular formula is C13H18O8. The molecule has 118 valence electrons. The van der Waals surface area contributed by atoms with Crippen LogP contribution in [0.4, 0.5) is 0 Å². The Morgan fingerprint density at radius 3 is 2.43 bits per heavy atom. The van der Waals surface area contributed by atoms with Gasteiger partial charge in [-0.1, -0.05) is 5.92 Å². The first-order valence-electron chi connectivity index (χ1n) is 6.24. The smallest absolute Gasteiger partial charge is 0.303 e. The fourth-order valence-electron chi connectivity index (χ4n) is 1.84. The van der Waals surface area contributed by atoms with Crippen LogP contribution in [0.5, 0.6) is 0 Å². The molecule has 1 saturated heterocycles. The van der Waals surface area contributed by atoms with E-state index in [1.165, 1.54) is 6.92 Å². The highest BCUT2D eigenvalue weighted by atomic mass is 16.7. The number of carbonyl (C=O) groups excluding carboxylic acids is 2. The first-order valence-corrected chi connectivity index (χ1v) is 6.24. The number of terminal acetylenes is 1. The van der Waals surface area contributed by atoms with Crippen LogP contribution in [0.25, 0.3) is 0 Å². The number of carbonyl (C=O) groups is 2. The minimum atomic E-state index is -1.43. The summed E-state index contributed by atoms with van der Waals surface area (Å²) in [6, 6.07) is 0. The van der Waals surface area contributed by atoms with Gasteiger partial charge in [0.25, 0.3) is 0 Å². The second-order valence-electron chi connectivity index (χ2n) is 4.42. The van der Waals surface area contributed by atoms with Crippen molar-refractivity contribution in [1.29, 1.82) is 0 Å². The van der Waals surface area contributed by atoms with Crippen molar-refractivity contribution < 1.29 is 38.7 Å². The van der Waals surface area contributed by atoms with Gasteiger partial charge in [-0.2, -0.15) is 0 Å². The average molecular weight is 302 g/mol. The predicted octanol–water partition coefficient (Wildman–Crippen LogP) is -1.42. The van der Waals surface area contributed by atoms with Crippen molar-refractivity contribution in [1.82, 2.24) is 0 Å². The Morgan fingerprint density at radius 2 is 1.90 bits per heavy atom. The summed E-state index contributed by atoms with van der Waals surface area (Å²) in [5.74, 6) is 0.938. The number of hydrogen-bond donors (Lipinski definition) is 2. The Labute approximate surface area is 121 Å². The zero-order chi connectivity index (χ0) is 16.0. The van der Waals surface area contributed by atoms with Gasteiger partial charge in [0.2, 0.25) is 0 Å². The molecule has 2 N–H and O–H groups in total. The van der Waals surface area contributed by atoms with Crippen LogP contribution in [-0.4, -0.2) is 66.1 Å². The maximum atomic E-state index is 11.1. The third-order valence-corrected chi connectivity index (χ3v) is 2.73. The van der Waals surface area contributed by atoms with Gasteiger partial charge in [-0.3, -0.25) is 9.59 Å². The first kappa shape index (κ1) is 17.4. The van der Waals surface area contributed by atoms with E-state index in [1.807, 2.05) is 0 Å². The van der Waals surface area contributed by atoms with E-state index < -0.39 is 42.6 Å². The van der Waals surface area contributed by atoms with Crippen molar-refractivity contribution >= 4 is 11.9 Å². The van der Waals surface area contributed by atoms with Gasteiger partial charge in [-0.05, 0) is 0 Å². The molecule has 8 nitrogen and oxygen atoms in total. The average Bonchev–Trinajstić information content (AvgIpc) is 2.41. The SMILES string of the molecule is C#CCO[C@H]1O[C@H](COC(C)=O)[C@@H](O)[C@H](OC(C)=O)[C@H]1O. The number of esters is 2. The Hall–Kier alpha value is -1.66. The summed E-state index contributed by atoms with van der Waals surface area (Å²) in [7, 11) is 0. The third-order valence-electron chi connectivity index (χ3n) is 2.73. The number of rotatable bonds is 5. The van der Waals surface area contributed by atoms with Crippen molar-refractivity contribution in [2.45, 2.75) is 44.6 Å². The van der Waals surface area contributed by atoms with E-state index in [1.54, 1.807) is 0 Å². The highest BCUT2D eigenvalue weighted by molar-refractivity contribution is 5.66. The van der Waals surface area contributed by atoms with E-state index in [9.17, 15) is 19.8 Å². The van der Waals surface area contributed by atoms with Crippen molar-refractivity contribution in [3.8, 4) is 12.3 Å². The molecule has 0 amide bonds. The number of hydrogen-bond acceptors (Lipinski definition) is 8. The topological polar surface area (TPSA) is 112 Å². The molecule has 1 fully saturated rings. The molecule has 1 heterocycles. The molecule has 0 spiro atoms. The first-order chi connectivity index (χ1) is 9.86. The molecule has 0 saturated carbocycles. The quantitative estimate of drug-likeness (QED) is 0.470. The zero-order valence-corrected chi connectivity index (χ0v) is 11.7. The predicted molar refractivity (Wildman–Crippen MR) is 67.6 cm³/mol. The minimum Gasteiger partial charge on any atom is -0.463 e. The highest BCUT2D eigenvalue weighted by Crippen LogP contribution is 2.25. The van der Waals surface area contributed by atoms with Crippen LogP contribution in [-0.2, 0) is 28.5 Å². The second-order valence-corrected chi connectivity index (χ2v) is 4.42. The van der Waals surface area contributed by atoms with Crippen LogP contribution in [0.3, 0.4) is 0 Å². The van der Waals surface area contributed by atoms with Crippen LogP contribution >= 0.6 is 0 Å². The largest absolute Gasteiger partial charge is 0.463 e. The molecule has 8 heteroatoms. The van der Waals surface area contributed by atoms with Crippen molar-refractivity contribution in [3.05, 3.63) is 0 Å². The molecular weight excluding hydrogens is 284 g/mol. The van der Waals surface area contributed by atoms with E-state index in [2.05, 4.69) is 5.92 Å². The van der Waals surface area contributed by atoms with Crippen LogP contribution < -0.4 is 0 Å². The lowest BCUT2D eigenvalue weighted by Crippen LogP contribution is -2.60. The Morgan fingerprint density at radius 1 is 1.24 bits per heavy atom. The lowest BCUT2D eigenvalue weighted by Gasteiger charge is -2.41. The summed E-state index contributed by atoms with van der Waals surface area (Å²) < 4.78 is 20.0. The van der Waals surface area contributed by atoms with Crippen LogP contribution in [0.2, 0.25) is 0 Å². The molecule has 0 bridgehead atoms. The summed E-state index contributed by atoms with van der Waals surface area (Å²) >= 11 is 0. The zero-order valence-electron chi connectivity index (χ0n) is 11.7. The van der Waals surface area contributed by atoms with Crippen LogP contribution in [0, 0.1) is 12.3 Å². The monoisotopic (exact) mass is 302 g/mol. The molecule has 0 aliphatic carbocycles. The molecule has 1 aliphatic heterocycles.